The molecule has 0 fully saturated rings. The van der Waals surface area contributed by atoms with Crippen molar-refractivity contribution in [3.63, 3.8) is 0 Å². The van der Waals surface area contributed by atoms with Crippen LogP contribution in [0.2, 0.25) is 0 Å². The van der Waals surface area contributed by atoms with Crippen LogP contribution in [0.15, 0.2) is 18.2 Å². The predicted molar refractivity (Wildman–Crippen MR) is 63.0 cm³/mol. The average Bonchev–Trinajstić information content (AvgIpc) is 2.36. The minimum atomic E-state index is -2.88. The third-order valence-corrected chi connectivity index (χ3v) is 2.41. The smallest absolute Gasteiger partial charge is 0.387 e. The van der Waals surface area contributed by atoms with E-state index in [1.54, 1.807) is 19.1 Å². The Balaban J connectivity index is 2.81. The number of methoxy groups -OCH3 is 1. The standard InChI is InChI=1S/C12H17F2NO3/c1-8(7-16)15-6-9-3-4-10(17-2)5-11(9)18-12(13)14/h3-5,8,12,15-16H,6-7H2,1-2H3. The summed E-state index contributed by atoms with van der Waals surface area (Å²) < 4.78 is 33.9. The summed E-state index contributed by atoms with van der Waals surface area (Å²) in [5.74, 6) is 0.520. The van der Waals surface area contributed by atoms with E-state index >= 15 is 0 Å². The van der Waals surface area contributed by atoms with Crippen molar-refractivity contribution in [3.05, 3.63) is 23.8 Å². The van der Waals surface area contributed by atoms with Crippen molar-refractivity contribution in [1.82, 2.24) is 5.32 Å². The molecule has 1 aromatic carbocycles. The molecule has 1 unspecified atom stereocenters. The van der Waals surface area contributed by atoms with Crippen LogP contribution in [0.1, 0.15) is 12.5 Å². The van der Waals surface area contributed by atoms with Gasteiger partial charge in [0, 0.05) is 24.2 Å². The van der Waals surface area contributed by atoms with Crippen LogP contribution < -0.4 is 14.8 Å². The van der Waals surface area contributed by atoms with E-state index in [2.05, 4.69) is 10.1 Å². The van der Waals surface area contributed by atoms with Crippen molar-refractivity contribution < 1.29 is 23.4 Å². The first-order valence-corrected chi connectivity index (χ1v) is 5.52. The lowest BCUT2D eigenvalue weighted by molar-refractivity contribution is -0.0506. The molecule has 1 atom stereocenters. The molecule has 4 nitrogen and oxygen atoms in total. The van der Waals surface area contributed by atoms with Gasteiger partial charge in [-0.05, 0) is 13.0 Å². The first kappa shape index (κ1) is 14.7. The molecular formula is C12H17F2NO3. The summed E-state index contributed by atoms with van der Waals surface area (Å²) in [5.41, 5.74) is 0.580. The van der Waals surface area contributed by atoms with Gasteiger partial charge in [-0.25, -0.2) is 0 Å². The van der Waals surface area contributed by atoms with Crippen LogP contribution in [0.25, 0.3) is 0 Å². The van der Waals surface area contributed by atoms with Gasteiger partial charge in [-0.3, -0.25) is 0 Å². The summed E-state index contributed by atoms with van der Waals surface area (Å²) in [5, 5.41) is 11.9. The molecule has 0 bridgehead atoms. The van der Waals surface area contributed by atoms with Gasteiger partial charge in [-0.2, -0.15) is 8.78 Å². The van der Waals surface area contributed by atoms with E-state index in [4.69, 9.17) is 9.84 Å². The van der Waals surface area contributed by atoms with Crippen molar-refractivity contribution in [1.29, 1.82) is 0 Å². The third-order valence-electron chi connectivity index (χ3n) is 2.41. The van der Waals surface area contributed by atoms with Gasteiger partial charge in [-0.1, -0.05) is 6.07 Å². The lowest BCUT2D eigenvalue weighted by Gasteiger charge is -2.15. The Labute approximate surface area is 105 Å². The molecular weight excluding hydrogens is 244 g/mol. The zero-order chi connectivity index (χ0) is 13.5. The van der Waals surface area contributed by atoms with Crippen LogP contribution in [-0.4, -0.2) is 31.5 Å². The minimum Gasteiger partial charge on any atom is -0.497 e. The Hall–Kier alpha value is -1.40. The van der Waals surface area contributed by atoms with E-state index in [-0.39, 0.29) is 18.4 Å². The van der Waals surface area contributed by atoms with E-state index < -0.39 is 6.61 Å². The summed E-state index contributed by atoms with van der Waals surface area (Å²) >= 11 is 0. The predicted octanol–water partition coefficient (Wildman–Crippen LogP) is 1.77. The van der Waals surface area contributed by atoms with E-state index in [9.17, 15) is 8.78 Å². The van der Waals surface area contributed by atoms with E-state index in [1.807, 2.05) is 0 Å². The second kappa shape index (κ2) is 7.13. The SMILES string of the molecule is COc1ccc(CNC(C)CO)c(OC(F)F)c1. The highest BCUT2D eigenvalue weighted by molar-refractivity contribution is 5.40. The van der Waals surface area contributed by atoms with Crippen molar-refractivity contribution >= 4 is 0 Å². The maximum absolute atomic E-state index is 12.3. The highest BCUT2D eigenvalue weighted by atomic mass is 19.3. The normalized spacial score (nSPS) is 12.6. The summed E-state index contributed by atoms with van der Waals surface area (Å²) in [7, 11) is 1.45. The zero-order valence-electron chi connectivity index (χ0n) is 10.3. The largest absolute Gasteiger partial charge is 0.497 e. The maximum Gasteiger partial charge on any atom is 0.387 e. The lowest BCUT2D eigenvalue weighted by Crippen LogP contribution is -2.28. The highest BCUT2D eigenvalue weighted by Gasteiger charge is 2.11. The number of halogens is 2. The third kappa shape index (κ3) is 4.46. The monoisotopic (exact) mass is 261 g/mol. The molecule has 0 saturated carbocycles. The van der Waals surface area contributed by atoms with Crippen LogP contribution >= 0.6 is 0 Å². The molecule has 2 N–H and O–H groups in total. The van der Waals surface area contributed by atoms with Gasteiger partial charge >= 0.3 is 6.61 Å². The van der Waals surface area contributed by atoms with Crippen molar-refractivity contribution in [2.75, 3.05) is 13.7 Å². The van der Waals surface area contributed by atoms with E-state index in [0.29, 0.717) is 17.9 Å². The van der Waals surface area contributed by atoms with Crippen molar-refractivity contribution in [2.24, 2.45) is 0 Å². The maximum atomic E-state index is 12.3. The molecule has 0 saturated heterocycles. The Kier molecular flexibility index (Phi) is 5.80. The Bertz CT molecular complexity index is 374. The number of aliphatic hydroxyl groups is 1. The molecule has 1 aromatic rings. The molecule has 18 heavy (non-hydrogen) atoms. The van der Waals surface area contributed by atoms with Crippen molar-refractivity contribution in [3.8, 4) is 11.5 Å². The fourth-order valence-electron chi connectivity index (χ4n) is 1.36. The van der Waals surface area contributed by atoms with Crippen molar-refractivity contribution in [2.45, 2.75) is 26.1 Å². The number of rotatable bonds is 7. The number of nitrogens with one attached hydrogen (secondary N) is 1. The quantitative estimate of drug-likeness (QED) is 0.785. The number of ether oxygens (including phenoxy) is 2. The molecule has 0 aliphatic rings. The van der Waals surface area contributed by atoms with Gasteiger partial charge in [0.15, 0.2) is 0 Å². The van der Waals surface area contributed by atoms with E-state index in [0.717, 1.165) is 0 Å². The molecule has 0 aliphatic carbocycles. The van der Waals surface area contributed by atoms with Gasteiger partial charge in [0.05, 0.1) is 13.7 Å². The second-order valence-corrected chi connectivity index (χ2v) is 3.82. The molecule has 0 aliphatic heterocycles. The van der Waals surface area contributed by atoms with Gasteiger partial charge < -0.3 is 19.9 Å². The van der Waals surface area contributed by atoms with Crippen LogP contribution in [-0.2, 0) is 6.54 Å². The molecule has 102 valence electrons. The molecule has 6 heteroatoms. The summed E-state index contributed by atoms with van der Waals surface area (Å²) in [6.45, 7) is -0.794. The molecule has 0 amide bonds. The second-order valence-electron chi connectivity index (χ2n) is 3.82. The van der Waals surface area contributed by atoms with Gasteiger partial charge in [0.2, 0.25) is 0 Å². The van der Waals surface area contributed by atoms with Crippen LogP contribution in [0.5, 0.6) is 11.5 Å². The highest BCUT2D eigenvalue weighted by Crippen LogP contribution is 2.26. The summed E-state index contributed by atoms with van der Waals surface area (Å²) in [4.78, 5) is 0. The fraction of sp³-hybridized carbons (Fsp3) is 0.500. The first-order valence-electron chi connectivity index (χ1n) is 5.52. The Morgan fingerprint density at radius 1 is 1.39 bits per heavy atom. The minimum absolute atomic E-state index is 0.0266. The zero-order valence-corrected chi connectivity index (χ0v) is 10.3. The van der Waals surface area contributed by atoms with E-state index in [1.165, 1.54) is 13.2 Å². The number of benzene rings is 1. The van der Waals surface area contributed by atoms with Gasteiger partial charge in [-0.15, -0.1) is 0 Å². The van der Waals surface area contributed by atoms with Crippen LogP contribution in [0.4, 0.5) is 8.78 Å². The molecule has 0 heterocycles. The molecule has 1 rings (SSSR count). The Morgan fingerprint density at radius 3 is 2.67 bits per heavy atom. The summed E-state index contributed by atoms with van der Waals surface area (Å²) in [6.07, 6.45) is 0. The molecule has 0 aromatic heterocycles. The fourth-order valence-corrected chi connectivity index (χ4v) is 1.36. The van der Waals surface area contributed by atoms with Crippen LogP contribution in [0.3, 0.4) is 0 Å². The molecule has 0 radical (unpaired) electrons. The van der Waals surface area contributed by atoms with Crippen LogP contribution in [0, 0.1) is 0 Å². The lowest BCUT2D eigenvalue weighted by atomic mass is 10.2. The number of aliphatic hydroxyl groups excluding tert-OH is 1. The van der Waals surface area contributed by atoms with Gasteiger partial charge in [0.1, 0.15) is 11.5 Å². The number of hydrogen-bond acceptors (Lipinski definition) is 4. The first-order chi connectivity index (χ1) is 8.56. The topological polar surface area (TPSA) is 50.7 Å². The van der Waals surface area contributed by atoms with Gasteiger partial charge in [0.25, 0.3) is 0 Å². The number of alkyl halides is 2. The summed E-state index contributed by atoms with van der Waals surface area (Å²) in [6, 6.07) is 4.60. The average molecular weight is 261 g/mol. The number of hydrogen-bond donors (Lipinski definition) is 2. The Morgan fingerprint density at radius 2 is 2.11 bits per heavy atom. The molecule has 0 spiro atoms.